The minimum atomic E-state index is -0.510. The fourth-order valence-electron chi connectivity index (χ4n) is 2.13. The van der Waals surface area contributed by atoms with E-state index in [-0.39, 0.29) is 24.1 Å². The van der Waals surface area contributed by atoms with Crippen LogP contribution in [0.1, 0.15) is 5.56 Å². The van der Waals surface area contributed by atoms with Crippen LogP contribution in [0.25, 0.3) is 0 Å². The molecule has 0 fully saturated rings. The van der Waals surface area contributed by atoms with Gasteiger partial charge >= 0.3 is 0 Å². The standard InChI is InChI=1S/C16H19FN2O2/c1-21-16-9-15(14(18)8-13(16)17)19-12(10-20)7-11-5-3-2-4-6-11/h2-6,8-9,12,19-20H,7,10,18H2,1H3. The lowest BCUT2D eigenvalue weighted by Gasteiger charge is -2.19. The first-order valence-corrected chi connectivity index (χ1v) is 6.68. The normalized spacial score (nSPS) is 12.0. The fraction of sp³-hybridized carbons (Fsp3) is 0.250. The van der Waals surface area contributed by atoms with Crippen LogP contribution in [0.15, 0.2) is 42.5 Å². The number of nitrogen functional groups attached to an aromatic ring is 1. The van der Waals surface area contributed by atoms with E-state index in [1.165, 1.54) is 19.2 Å². The number of benzene rings is 2. The molecule has 0 spiro atoms. The number of methoxy groups -OCH3 is 1. The molecule has 21 heavy (non-hydrogen) atoms. The highest BCUT2D eigenvalue weighted by Crippen LogP contribution is 2.28. The largest absolute Gasteiger partial charge is 0.494 e. The second-order valence-electron chi connectivity index (χ2n) is 4.79. The molecule has 0 aliphatic rings. The second kappa shape index (κ2) is 6.95. The third-order valence-corrected chi connectivity index (χ3v) is 3.23. The summed E-state index contributed by atoms with van der Waals surface area (Å²) in [7, 11) is 1.39. The van der Waals surface area contributed by atoms with Crippen LogP contribution in [0, 0.1) is 5.82 Å². The minimum Gasteiger partial charge on any atom is -0.494 e. The Hall–Kier alpha value is -2.27. The van der Waals surface area contributed by atoms with Gasteiger partial charge in [0.1, 0.15) is 0 Å². The van der Waals surface area contributed by atoms with E-state index in [4.69, 9.17) is 10.5 Å². The van der Waals surface area contributed by atoms with Crippen LogP contribution in [-0.2, 0) is 6.42 Å². The summed E-state index contributed by atoms with van der Waals surface area (Å²) >= 11 is 0. The molecule has 0 aliphatic heterocycles. The molecular formula is C16H19FN2O2. The monoisotopic (exact) mass is 290 g/mol. The van der Waals surface area contributed by atoms with Gasteiger partial charge in [-0.25, -0.2) is 4.39 Å². The molecule has 0 saturated carbocycles. The number of nitrogens with one attached hydrogen (secondary N) is 1. The lowest BCUT2D eigenvalue weighted by molar-refractivity contribution is 0.273. The van der Waals surface area contributed by atoms with E-state index in [9.17, 15) is 9.50 Å². The summed E-state index contributed by atoms with van der Waals surface area (Å²) in [6.07, 6.45) is 0.635. The molecule has 4 N–H and O–H groups in total. The molecular weight excluding hydrogens is 271 g/mol. The third kappa shape index (κ3) is 3.86. The topological polar surface area (TPSA) is 67.5 Å². The maximum absolute atomic E-state index is 13.5. The van der Waals surface area contributed by atoms with Crippen molar-refractivity contribution < 1.29 is 14.2 Å². The molecule has 2 aromatic carbocycles. The van der Waals surface area contributed by atoms with E-state index in [0.717, 1.165) is 5.56 Å². The molecule has 2 aromatic rings. The van der Waals surface area contributed by atoms with Gasteiger partial charge in [0.15, 0.2) is 11.6 Å². The Kier molecular flexibility index (Phi) is 5.00. The van der Waals surface area contributed by atoms with Crippen molar-refractivity contribution >= 4 is 11.4 Å². The van der Waals surface area contributed by atoms with Gasteiger partial charge in [0.05, 0.1) is 31.1 Å². The van der Waals surface area contributed by atoms with Crippen molar-refractivity contribution in [3.8, 4) is 5.75 Å². The smallest absolute Gasteiger partial charge is 0.167 e. The quantitative estimate of drug-likeness (QED) is 0.715. The Morgan fingerprint density at radius 1 is 1.29 bits per heavy atom. The number of ether oxygens (including phenoxy) is 1. The predicted molar refractivity (Wildman–Crippen MR) is 82.0 cm³/mol. The van der Waals surface area contributed by atoms with Gasteiger partial charge in [-0.1, -0.05) is 30.3 Å². The number of halogens is 1. The molecule has 1 atom stereocenters. The van der Waals surface area contributed by atoms with Crippen molar-refractivity contribution in [2.45, 2.75) is 12.5 Å². The molecule has 0 amide bonds. The van der Waals surface area contributed by atoms with Crippen LogP contribution in [0.2, 0.25) is 0 Å². The zero-order valence-electron chi connectivity index (χ0n) is 11.8. The molecule has 112 valence electrons. The lowest BCUT2D eigenvalue weighted by atomic mass is 10.1. The van der Waals surface area contributed by atoms with E-state index in [2.05, 4.69) is 5.32 Å². The van der Waals surface area contributed by atoms with Gasteiger partial charge in [-0.2, -0.15) is 0 Å². The molecule has 0 aromatic heterocycles. The van der Waals surface area contributed by atoms with Crippen molar-refractivity contribution in [3.63, 3.8) is 0 Å². The summed E-state index contributed by atoms with van der Waals surface area (Å²) in [6, 6.07) is 12.3. The van der Waals surface area contributed by atoms with Gasteiger partial charge in [-0.3, -0.25) is 0 Å². The molecule has 0 heterocycles. The van der Waals surface area contributed by atoms with Crippen molar-refractivity contribution in [2.24, 2.45) is 0 Å². The number of hydrogen-bond donors (Lipinski definition) is 3. The highest BCUT2D eigenvalue weighted by Gasteiger charge is 2.13. The summed E-state index contributed by atoms with van der Waals surface area (Å²) < 4.78 is 18.5. The Labute approximate surface area is 123 Å². The third-order valence-electron chi connectivity index (χ3n) is 3.23. The SMILES string of the molecule is COc1cc(NC(CO)Cc2ccccc2)c(N)cc1F. The highest BCUT2D eigenvalue weighted by atomic mass is 19.1. The zero-order chi connectivity index (χ0) is 15.2. The number of aliphatic hydroxyl groups excluding tert-OH is 1. The van der Waals surface area contributed by atoms with Crippen LogP contribution in [0.4, 0.5) is 15.8 Å². The van der Waals surface area contributed by atoms with Crippen LogP contribution in [0.5, 0.6) is 5.75 Å². The number of anilines is 2. The zero-order valence-corrected chi connectivity index (χ0v) is 11.8. The summed E-state index contributed by atoms with van der Waals surface area (Å²) in [5.74, 6) is -0.396. The van der Waals surface area contributed by atoms with Crippen LogP contribution >= 0.6 is 0 Å². The van der Waals surface area contributed by atoms with E-state index < -0.39 is 5.82 Å². The Morgan fingerprint density at radius 3 is 2.62 bits per heavy atom. The average molecular weight is 290 g/mol. The van der Waals surface area contributed by atoms with Gasteiger partial charge in [0.2, 0.25) is 0 Å². The van der Waals surface area contributed by atoms with Crippen molar-refractivity contribution in [2.75, 3.05) is 24.8 Å². The summed E-state index contributed by atoms with van der Waals surface area (Å²) in [5, 5.41) is 12.6. The molecule has 1 unspecified atom stereocenters. The Bertz CT molecular complexity index is 590. The minimum absolute atomic E-state index is 0.0615. The van der Waals surface area contributed by atoms with E-state index in [1.54, 1.807) is 0 Å². The van der Waals surface area contributed by atoms with Crippen molar-refractivity contribution in [3.05, 3.63) is 53.8 Å². The van der Waals surface area contributed by atoms with E-state index in [0.29, 0.717) is 12.1 Å². The second-order valence-corrected chi connectivity index (χ2v) is 4.79. The van der Waals surface area contributed by atoms with Crippen molar-refractivity contribution in [1.29, 1.82) is 0 Å². The predicted octanol–water partition coefficient (Wildman–Crippen LogP) is 2.43. The van der Waals surface area contributed by atoms with E-state index in [1.807, 2.05) is 30.3 Å². The summed E-state index contributed by atoms with van der Waals surface area (Å²) in [4.78, 5) is 0. The van der Waals surface area contributed by atoms with Crippen LogP contribution in [0.3, 0.4) is 0 Å². The first-order valence-electron chi connectivity index (χ1n) is 6.68. The van der Waals surface area contributed by atoms with Crippen LogP contribution < -0.4 is 15.8 Å². The molecule has 2 rings (SSSR count). The van der Waals surface area contributed by atoms with Crippen molar-refractivity contribution in [1.82, 2.24) is 0 Å². The molecule has 0 bridgehead atoms. The highest BCUT2D eigenvalue weighted by molar-refractivity contribution is 5.69. The van der Waals surface area contributed by atoms with Gasteiger partial charge in [0.25, 0.3) is 0 Å². The van der Waals surface area contributed by atoms with Crippen LogP contribution in [-0.4, -0.2) is 24.9 Å². The molecule has 0 aliphatic carbocycles. The molecule has 0 saturated heterocycles. The van der Waals surface area contributed by atoms with Gasteiger partial charge in [-0.15, -0.1) is 0 Å². The average Bonchev–Trinajstić information content (AvgIpc) is 2.50. The van der Waals surface area contributed by atoms with Gasteiger partial charge in [-0.05, 0) is 12.0 Å². The molecule has 5 heteroatoms. The summed E-state index contributed by atoms with van der Waals surface area (Å²) in [5.41, 5.74) is 7.72. The Morgan fingerprint density at radius 2 is 2.00 bits per heavy atom. The fourth-order valence-corrected chi connectivity index (χ4v) is 2.13. The summed E-state index contributed by atoms with van der Waals surface area (Å²) in [6.45, 7) is -0.0615. The number of aliphatic hydroxyl groups is 1. The number of hydrogen-bond acceptors (Lipinski definition) is 4. The maximum Gasteiger partial charge on any atom is 0.167 e. The lowest BCUT2D eigenvalue weighted by Crippen LogP contribution is -2.26. The maximum atomic E-state index is 13.5. The van der Waals surface area contributed by atoms with E-state index >= 15 is 0 Å². The number of nitrogens with two attached hydrogens (primary N) is 1. The number of rotatable bonds is 6. The molecule has 4 nitrogen and oxygen atoms in total. The first-order chi connectivity index (χ1) is 10.1. The Balaban J connectivity index is 2.15. The van der Waals surface area contributed by atoms with Gasteiger partial charge < -0.3 is 20.9 Å². The van der Waals surface area contributed by atoms with Gasteiger partial charge in [0, 0.05) is 12.1 Å². The first kappa shape index (κ1) is 15.1. The molecule has 0 radical (unpaired) electrons.